The summed E-state index contributed by atoms with van der Waals surface area (Å²) in [5.41, 5.74) is 1.93. The first-order valence-electron chi connectivity index (χ1n) is 9.59. The van der Waals surface area contributed by atoms with E-state index in [0.717, 1.165) is 47.8 Å². The number of anilines is 2. The molecule has 146 valence electrons. The molecule has 0 atom stereocenters. The van der Waals surface area contributed by atoms with Crippen molar-refractivity contribution in [1.82, 2.24) is 14.5 Å². The Kier molecular flexibility index (Phi) is 5.06. The van der Waals surface area contributed by atoms with Gasteiger partial charge in [-0.05, 0) is 43.3 Å². The molecule has 1 N–H and O–H groups in total. The van der Waals surface area contributed by atoms with Crippen LogP contribution < -0.4 is 15.0 Å². The van der Waals surface area contributed by atoms with Gasteiger partial charge < -0.3 is 19.9 Å². The van der Waals surface area contributed by atoms with Crippen LogP contribution >= 0.6 is 0 Å². The quantitative estimate of drug-likeness (QED) is 0.754. The molecule has 1 amide bonds. The van der Waals surface area contributed by atoms with E-state index in [4.69, 9.17) is 4.74 Å². The number of nitrogens with zero attached hydrogens (tertiary/aromatic N) is 4. The summed E-state index contributed by atoms with van der Waals surface area (Å²) in [6, 6.07) is 11.7. The van der Waals surface area contributed by atoms with E-state index in [9.17, 15) is 4.79 Å². The van der Waals surface area contributed by atoms with Crippen molar-refractivity contribution in [2.75, 3.05) is 50.1 Å². The summed E-state index contributed by atoms with van der Waals surface area (Å²) in [5, 5.41) is 4.36. The van der Waals surface area contributed by atoms with Crippen LogP contribution in [0.5, 0.6) is 5.75 Å². The molecule has 1 saturated heterocycles. The Morgan fingerprint density at radius 2 is 2.00 bits per heavy atom. The van der Waals surface area contributed by atoms with Gasteiger partial charge in [0.2, 0.25) is 0 Å². The molecule has 2 aromatic heterocycles. The van der Waals surface area contributed by atoms with E-state index < -0.39 is 0 Å². The summed E-state index contributed by atoms with van der Waals surface area (Å²) in [4.78, 5) is 21.7. The lowest BCUT2D eigenvalue weighted by molar-refractivity contribution is 0.197. The first-order valence-corrected chi connectivity index (χ1v) is 9.59. The van der Waals surface area contributed by atoms with E-state index in [2.05, 4.69) is 22.1 Å². The number of methoxy groups -OCH3 is 1. The van der Waals surface area contributed by atoms with E-state index in [0.29, 0.717) is 13.1 Å². The highest BCUT2D eigenvalue weighted by Crippen LogP contribution is 2.25. The number of carbonyl (C=O) groups is 1. The Hall–Kier alpha value is -3.22. The van der Waals surface area contributed by atoms with Gasteiger partial charge in [0.05, 0.1) is 18.3 Å². The van der Waals surface area contributed by atoms with Crippen molar-refractivity contribution >= 4 is 28.4 Å². The number of benzene rings is 1. The SMILES string of the molecule is CCNc1cccnc1N1CCN(C(=O)n2ccc3cc(OC)ccc32)CC1. The minimum Gasteiger partial charge on any atom is -0.497 e. The minimum atomic E-state index is 0.00717. The second-order valence-corrected chi connectivity index (χ2v) is 6.77. The maximum absolute atomic E-state index is 13.1. The summed E-state index contributed by atoms with van der Waals surface area (Å²) in [6.07, 6.45) is 3.65. The smallest absolute Gasteiger partial charge is 0.328 e. The molecule has 4 rings (SSSR count). The van der Waals surface area contributed by atoms with Crippen LogP contribution in [0.2, 0.25) is 0 Å². The maximum atomic E-state index is 13.1. The van der Waals surface area contributed by atoms with E-state index in [1.807, 2.05) is 53.7 Å². The van der Waals surface area contributed by atoms with Crippen LogP contribution in [-0.2, 0) is 0 Å². The molecule has 0 bridgehead atoms. The average Bonchev–Trinajstić information content (AvgIpc) is 3.17. The molecule has 1 aliphatic rings. The number of piperazine rings is 1. The molecule has 0 spiro atoms. The lowest BCUT2D eigenvalue weighted by atomic mass is 10.2. The summed E-state index contributed by atoms with van der Waals surface area (Å²) >= 11 is 0. The van der Waals surface area contributed by atoms with E-state index in [1.54, 1.807) is 11.7 Å². The Labute approximate surface area is 164 Å². The number of nitrogens with one attached hydrogen (secondary N) is 1. The number of amides is 1. The van der Waals surface area contributed by atoms with Crippen molar-refractivity contribution in [3.8, 4) is 5.75 Å². The fraction of sp³-hybridized carbons (Fsp3) is 0.333. The van der Waals surface area contributed by atoms with Gasteiger partial charge >= 0.3 is 6.03 Å². The van der Waals surface area contributed by atoms with Crippen molar-refractivity contribution in [3.63, 3.8) is 0 Å². The van der Waals surface area contributed by atoms with Gasteiger partial charge in [-0.15, -0.1) is 0 Å². The first-order chi connectivity index (χ1) is 13.7. The number of pyridine rings is 1. The fourth-order valence-corrected chi connectivity index (χ4v) is 3.65. The zero-order chi connectivity index (χ0) is 19.5. The summed E-state index contributed by atoms with van der Waals surface area (Å²) in [7, 11) is 1.64. The Morgan fingerprint density at radius 1 is 1.18 bits per heavy atom. The van der Waals surface area contributed by atoms with Crippen molar-refractivity contribution in [2.24, 2.45) is 0 Å². The van der Waals surface area contributed by atoms with Gasteiger partial charge in [-0.3, -0.25) is 4.57 Å². The van der Waals surface area contributed by atoms with Gasteiger partial charge in [0, 0.05) is 50.5 Å². The number of rotatable bonds is 4. The maximum Gasteiger partial charge on any atom is 0.328 e. The van der Waals surface area contributed by atoms with E-state index in [1.165, 1.54) is 0 Å². The Morgan fingerprint density at radius 3 is 2.75 bits per heavy atom. The lowest BCUT2D eigenvalue weighted by Gasteiger charge is -2.36. The topological polar surface area (TPSA) is 62.6 Å². The van der Waals surface area contributed by atoms with Crippen LogP contribution in [0.3, 0.4) is 0 Å². The predicted molar refractivity (Wildman–Crippen MR) is 111 cm³/mol. The molecule has 28 heavy (non-hydrogen) atoms. The summed E-state index contributed by atoms with van der Waals surface area (Å²) in [5.74, 6) is 1.74. The largest absolute Gasteiger partial charge is 0.497 e. The molecule has 1 fully saturated rings. The zero-order valence-corrected chi connectivity index (χ0v) is 16.3. The van der Waals surface area contributed by atoms with Gasteiger partial charge in [-0.25, -0.2) is 9.78 Å². The number of hydrogen-bond donors (Lipinski definition) is 1. The number of carbonyl (C=O) groups excluding carboxylic acids is 1. The van der Waals surface area contributed by atoms with E-state index >= 15 is 0 Å². The first kappa shape index (κ1) is 18.2. The molecule has 7 nitrogen and oxygen atoms in total. The van der Waals surface area contributed by atoms with Crippen LogP contribution in [0.15, 0.2) is 48.8 Å². The third-order valence-corrected chi connectivity index (χ3v) is 5.11. The predicted octanol–water partition coefficient (Wildman–Crippen LogP) is 3.27. The lowest BCUT2D eigenvalue weighted by Crippen LogP contribution is -2.50. The molecule has 0 saturated carbocycles. The highest BCUT2D eigenvalue weighted by molar-refractivity contribution is 5.92. The number of fused-ring (bicyclic) bond motifs is 1. The summed E-state index contributed by atoms with van der Waals surface area (Å²) < 4.78 is 6.99. The third-order valence-electron chi connectivity index (χ3n) is 5.11. The molecule has 0 aliphatic carbocycles. The summed E-state index contributed by atoms with van der Waals surface area (Å²) in [6.45, 7) is 5.77. The van der Waals surface area contributed by atoms with Crippen molar-refractivity contribution < 1.29 is 9.53 Å². The van der Waals surface area contributed by atoms with Crippen LogP contribution in [0.25, 0.3) is 10.9 Å². The Bertz CT molecular complexity index is 976. The number of ether oxygens (including phenoxy) is 1. The highest BCUT2D eigenvalue weighted by atomic mass is 16.5. The molecular formula is C21H25N5O2. The van der Waals surface area contributed by atoms with Gasteiger partial charge in [-0.1, -0.05) is 0 Å². The molecule has 0 radical (unpaired) electrons. The zero-order valence-electron chi connectivity index (χ0n) is 16.3. The molecule has 7 heteroatoms. The second-order valence-electron chi connectivity index (χ2n) is 6.77. The standard InChI is InChI=1S/C21H25N5O2/c1-3-22-18-5-4-9-23-20(18)24-11-13-25(14-12-24)21(27)26-10-8-16-15-17(28-2)6-7-19(16)26/h4-10,15,22H,3,11-14H2,1-2H3. The van der Waals surface area contributed by atoms with Crippen LogP contribution in [0.4, 0.5) is 16.3 Å². The molecule has 3 aromatic rings. The number of aromatic nitrogens is 2. The van der Waals surface area contributed by atoms with Crippen LogP contribution in [-0.4, -0.2) is 60.3 Å². The molecular weight excluding hydrogens is 354 g/mol. The second kappa shape index (κ2) is 7.80. The minimum absolute atomic E-state index is 0.00717. The van der Waals surface area contributed by atoms with Crippen molar-refractivity contribution in [3.05, 3.63) is 48.8 Å². The highest BCUT2D eigenvalue weighted by Gasteiger charge is 2.24. The van der Waals surface area contributed by atoms with E-state index in [-0.39, 0.29) is 6.03 Å². The van der Waals surface area contributed by atoms with Crippen molar-refractivity contribution in [2.45, 2.75) is 6.92 Å². The molecule has 1 aromatic carbocycles. The van der Waals surface area contributed by atoms with Crippen LogP contribution in [0.1, 0.15) is 6.92 Å². The normalized spacial score (nSPS) is 14.4. The van der Waals surface area contributed by atoms with Gasteiger partial charge in [0.15, 0.2) is 5.82 Å². The number of hydrogen-bond acceptors (Lipinski definition) is 5. The fourth-order valence-electron chi connectivity index (χ4n) is 3.65. The average molecular weight is 379 g/mol. The van der Waals surface area contributed by atoms with Crippen molar-refractivity contribution in [1.29, 1.82) is 0 Å². The Balaban J connectivity index is 1.48. The van der Waals surface area contributed by atoms with Gasteiger partial charge in [-0.2, -0.15) is 0 Å². The van der Waals surface area contributed by atoms with Crippen LogP contribution in [0, 0.1) is 0 Å². The van der Waals surface area contributed by atoms with Gasteiger partial charge in [0.25, 0.3) is 0 Å². The molecule has 1 aliphatic heterocycles. The monoisotopic (exact) mass is 379 g/mol. The third kappa shape index (κ3) is 3.35. The molecule has 3 heterocycles. The van der Waals surface area contributed by atoms with Gasteiger partial charge in [0.1, 0.15) is 5.75 Å². The molecule has 0 unspecified atom stereocenters.